The average molecular weight is 358 g/mol. The summed E-state index contributed by atoms with van der Waals surface area (Å²) in [4.78, 5) is 26.0. The fraction of sp³-hybridized carbons (Fsp3) is 0.368. The highest BCUT2D eigenvalue weighted by atomic mass is 32.1. The molecule has 0 saturated heterocycles. The van der Waals surface area contributed by atoms with Gasteiger partial charge in [-0.25, -0.2) is 0 Å². The lowest BCUT2D eigenvalue weighted by molar-refractivity contribution is -0.123. The smallest absolute Gasteiger partial charge is 0.279 e. The fourth-order valence-corrected chi connectivity index (χ4v) is 4.00. The Bertz CT molecular complexity index is 785. The number of hydrogen-bond acceptors (Lipinski definition) is 4. The molecule has 5 nitrogen and oxygen atoms in total. The van der Waals surface area contributed by atoms with Crippen molar-refractivity contribution in [2.45, 2.75) is 33.1 Å². The van der Waals surface area contributed by atoms with E-state index in [9.17, 15) is 9.59 Å². The van der Waals surface area contributed by atoms with E-state index in [1.807, 2.05) is 31.2 Å². The summed E-state index contributed by atoms with van der Waals surface area (Å²) in [6.07, 6.45) is 3.22. The molecule has 0 spiro atoms. The molecule has 132 valence electrons. The predicted molar refractivity (Wildman–Crippen MR) is 97.8 cm³/mol. The molecule has 0 unspecified atom stereocenters. The highest BCUT2D eigenvalue weighted by molar-refractivity contribution is 7.14. The number of rotatable bonds is 4. The van der Waals surface area contributed by atoms with Gasteiger partial charge in [0.2, 0.25) is 0 Å². The van der Waals surface area contributed by atoms with Crippen molar-refractivity contribution >= 4 is 23.2 Å². The van der Waals surface area contributed by atoms with Crippen LogP contribution in [0.25, 0.3) is 0 Å². The van der Waals surface area contributed by atoms with Crippen LogP contribution in [0, 0.1) is 12.8 Å². The van der Waals surface area contributed by atoms with Gasteiger partial charge in [-0.3, -0.25) is 20.4 Å². The Labute approximate surface area is 151 Å². The van der Waals surface area contributed by atoms with Gasteiger partial charge in [0.05, 0.1) is 4.88 Å². The predicted octanol–water partition coefficient (Wildman–Crippen LogP) is 3.02. The van der Waals surface area contributed by atoms with Gasteiger partial charge in [0, 0.05) is 4.88 Å². The maximum Gasteiger partial charge on any atom is 0.279 e. The lowest BCUT2D eigenvalue weighted by atomic mass is 9.90. The molecule has 2 N–H and O–H groups in total. The van der Waals surface area contributed by atoms with Gasteiger partial charge >= 0.3 is 0 Å². The van der Waals surface area contributed by atoms with Crippen molar-refractivity contribution in [1.29, 1.82) is 0 Å². The lowest BCUT2D eigenvalue weighted by Crippen LogP contribution is -2.43. The van der Waals surface area contributed by atoms with Crippen LogP contribution in [0.3, 0.4) is 0 Å². The van der Waals surface area contributed by atoms with E-state index in [0.29, 0.717) is 16.5 Å². The summed E-state index contributed by atoms with van der Waals surface area (Å²) in [6.45, 7) is 4.03. The van der Waals surface area contributed by atoms with Gasteiger partial charge in [-0.1, -0.05) is 19.1 Å². The number of hydrogen-bond donors (Lipinski definition) is 2. The molecule has 1 atom stereocenters. The van der Waals surface area contributed by atoms with E-state index in [4.69, 9.17) is 4.74 Å². The van der Waals surface area contributed by atoms with Gasteiger partial charge in [-0.2, -0.15) is 0 Å². The largest absolute Gasteiger partial charge is 0.484 e. The van der Waals surface area contributed by atoms with Gasteiger partial charge in [-0.15, -0.1) is 11.3 Å². The summed E-state index contributed by atoms with van der Waals surface area (Å²) in [6, 6.07) is 9.40. The number of amides is 2. The molecule has 6 heteroatoms. The minimum absolute atomic E-state index is 0.151. The zero-order valence-electron chi connectivity index (χ0n) is 14.4. The topological polar surface area (TPSA) is 67.4 Å². The second kappa shape index (κ2) is 7.70. The van der Waals surface area contributed by atoms with Gasteiger partial charge in [-0.05, 0) is 61.4 Å². The first-order chi connectivity index (χ1) is 12.0. The third-order valence-corrected chi connectivity index (χ3v) is 5.46. The molecular formula is C19H22N2O3S. The Kier molecular flexibility index (Phi) is 5.38. The molecule has 1 aliphatic rings. The van der Waals surface area contributed by atoms with Crippen molar-refractivity contribution in [3.63, 3.8) is 0 Å². The van der Waals surface area contributed by atoms with Crippen molar-refractivity contribution in [3.8, 4) is 5.75 Å². The van der Waals surface area contributed by atoms with Gasteiger partial charge in [0.25, 0.3) is 11.8 Å². The van der Waals surface area contributed by atoms with Crippen molar-refractivity contribution < 1.29 is 14.3 Å². The first-order valence-corrected chi connectivity index (χ1v) is 9.23. The summed E-state index contributed by atoms with van der Waals surface area (Å²) in [7, 11) is 0. The van der Waals surface area contributed by atoms with E-state index in [-0.39, 0.29) is 12.5 Å². The van der Waals surface area contributed by atoms with Crippen molar-refractivity contribution in [3.05, 3.63) is 51.2 Å². The van der Waals surface area contributed by atoms with Crippen LogP contribution in [0.1, 0.15) is 39.0 Å². The molecule has 1 aliphatic carbocycles. The number of nitrogens with one attached hydrogen (secondary N) is 2. The molecule has 1 aromatic heterocycles. The third-order valence-electron chi connectivity index (χ3n) is 4.23. The van der Waals surface area contributed by atoms with Gasteiger partial charge < -0.3 is 4.74 Å². The molecule has 2 amide bonds. The summed E-state index contributed by atoms with van der Waals surface area (Å²) < 4.78 is 5.40. The highest BCUT2D eigenvalue weighted by Crippen LogP contribution is 2.32. The number of hydrazine groups is 1. The van der Waals surface area contributed by atoms with Crippen LogP contribution in [0.2, 0.25) is 0 Å². The third kappa shape index (κ3) is 4.60. The van der Waals surface area contributed by atoms with Crippen molar-refractivity contribution in [2.24, 2.45) is 5.92 Å². The minimum Gasteiger partial charge on any atom is -0.484 e. The van der Waals surface area contributed by atoms with Crippen LogP contribution in [0.15, 0.2) is 30.3 Å². The molecule has 25 heavy (non-hydrogen) atoms. The van der Waals surface area contributed by atoms with Crippen LogP contribution < -0.4 is 15.6 Å². The zero-order valence-corrected chi connectivity index (χ0v) is 15.2. The second-order valence-corrected chi connectivity index (χ2v) is 7.65. The molecule has 0 aliphatic heterocycles. The lowest BCUT2D eigenvalue weighted by Gasteiger charge is -2.16. The number of benzene rings is 1. The molecule has 3 rings (SSSR count). The number of thiophene rings is 1. The molecule has 0 radical (unpaired) electrons. The molecule has 0 saturated carbocycles. The SMILES string of the molecule is Cc1cccc(OCC(=O)NNC(=O)c2cc3c(s2)CC[C@H](C)C3)c1. The normalized spacial score (nSPS) is 16.0. The van der Waals surface area contributed by atoms with Crippen LogP contribution in [0.4, 0.5) is 0 Å². The van der Waals surface area contributed by atoms with E-state index < -0.39 is 5.91 Å². The van der Waals surface area contributed by atoms with Crippen molar-refractivity contribution in [2.75, 3.05) is 6.61 Å². The Hall–Kier alpha value is -2.34. The number of aryl methyl sites for hydroxylation is 2. The maximum absolute atomic E-state index is 12.2. The summed E-state index contributed by atoms with van der Waals surface area (Å²) >= 11 is 1.51. The van der Waals surface area contributed by atoms with E-state index in [1.165, 1.54) is 28.2 Å². The molecular weight excluding hydrogens is 336 g/mol. The van der Waals surface area contributed by atoms with E-state index in [2.05, 4.69) is 17.8 Å². The van der Waals surface area contributed by atoms with Crippen molar-refractivity contribution in [1.82, 2.24) is 10.9 Å². The molecule has 2 aromatic rings. The van der Waals surface area contributed by atoms with E-state index in [1.54, 1.807) is 6.07 Å². The number of carbonyl (C=O) groups excluding carboxylic acids is 2. The van der Waals surface area contributed by atoms with Crippen LogP contribution in [0.5, 0.6) is 5.75 Å². The Morgan fingerprint density at radius 2 is 2.12 bits per heavy atom. The first-order valence-electron chi connectivity index (χ1n) is 8.41. The number of fused-ring (bicyclic) bond motifs is 1. The second-order valence-electron chi connectivity index (χ2n) is 6.51. The Morgan fingerprint density at radius 1 is 1.28 bits per heavy atom. The van der Waals surface area contributed by atoms with Gasteiger partial charge in [0.1, 0.15) is 5.75 Å². The summed E-state index contributed by atoms with van der Waals surface area (Å²) in [5.74, 6) is 0.610. The van der Waals surface area contributed by atoms with Crippen LogP contribution in [-0.4, -0.2) is 18.4 Å². The first kappa shape index (κ1) is 17.5. The summed E-state index contributed by atoms with van der Waals surface area (Å²) in [5, 5.41) is 0. The highest BCUT2D eigenvalue weighted by Gasteiger charge is 2.20. The Balaban J connectivity index is 1.48. The molecule has 1 heterocycles. The van der Waals surface area contributed by atoms with Gasteiger partial charge in [0.15, 0.2) is 6.61 Å². The zero-order chi connectivity index (χ0) is 17.8. The molecule has 1 aromatic carbocycles. The summed E-state index contributed by atoms with van der Waals surface area (Å²) in [5.41, 5.74) is 7.18. The van der Waals surface area contributed by atoms with Crippen LogP contribution >= 0.6 is 11.3 Å². The monoisotopic (exact) mass is 358 g/mol. The standard InChI is InChI=1S/C19H22N2O3S/c1-12-4-3-5-15(9-12)24-11-18(22)20-21-19(23)17-10-14-8-13(2)6-7-16(14)25-17/h3-5,9-10,13H,6-8,11H2,1-2H3,(H,20,22)(H,21,23)/t13-/m0/s1. The van der Waals surface area contributed by atoms with Crippen LogP contribution in [-0.2, 0) is 17.6 Å². The maximum atomic E-state index is 12.2. The minimum atomic E-state index is -0.398. The quantitative estimate of drug-likeness (QED) is 0.826. The molecule has 0 fully saturated rings. The fourth-order valence-electron chi connectivity index (χ4n) is 2.90. The van der Waals surface area contributed by atoms with E-state index >= 15 is 0 Å². The van der Waals surface area contributed by atoms with E-state index in [0.717, 1.165) is 18.4 Å². The molecule has 0 bridgehead atoms. The number of carbonyl (C=O) groups is 2. The number of ether oxygens (including phenoxy) is 1. The Morgan fingerprint density at radius 3 is 2.92 bits per heavy atom. The average Bonchev–Trinajstić information content (AvgIpc) is 3.01.